The van der Waals surface area contributed by atoms with Gasteiger partial charge in [-0.05, 0) is 85.4 Å². The molecule has 2 fully saturated rings. The molecule has 6 rings (SSSR count). The standard InChI is InChI=1S/C31H39ClN2O6S/c1-20-18-39-30-16-29(20)38-12-13-41(36,37)33-31(35)22-7-10-28-27(15-22)34(17-23-6-9-26(23)30)11-3-2-4-21-14-25(32)8-5-24(21)19-40-28/h5,7-8,10,14-15,20,23,26,29-30H,2-4,6,9,11-13,16-19H2,1H3,(H,33,35)/t20-,23-,26+,29-,30-/m0/s1. The number of benzene rings is 2. The quantitative estimate of drug-likeness (QED) is 0.455. The van der Waals surface area contributed by atoms with E-state index in [-0.39, 0.29) is 36.0 Å². The van der Waals surface area contributed by atoms with Gasteiger partial charge in [0, 0.05) is 36.0 Å². The number of carbonyl (C=O) groups excluding carboxylic acids is 1. The van der Waals surface area contributed by atoms with Crippen molar-refractivity contribution in [1.29, 1.82) is 0 Å². The SMILES string of the molecule is C[C@H]1CO[C@H]2C[C@@H]1OCCS(=O)(=O)NC(=O)c1ccc3c(c1)N(CCCCc1cc(Cl)ccc1CO3)C[C@@H]1CC[C@H]12. The summed E-state index contributed by atoms with van der Waals surface area (Å²) in [6.45, 7) is 4.74. The van der Waals surface area contributed by atoms with Crippen molar-refractivity contribution in [1.82, 2.24) is 4.72 Å². The molecule has 1 saturated carbocycles. The number of carbonyl (C=O) groups is 1. The molecule has 5 atom stereocenters. The van der Waals surface area contributed by atoms with E-state index in [1.165, 1.54) is 5.56 Å². The highest BCUT2D eigenvalue weighted by atomic mass is 35.5. The van der Waals surface area contributed by atoms with Gasteiger partial charge in [0.2, 0.25) is 10.0 Å². The van der Waals surface area contributed by atoms with Gasteiger partial charge >= 0.3 is 0 Å². The molecule has 0 aromatic heterocycles. The summed E-state index contributed by atoms with van der Waals surface area (Å²) >= 11 is 6.31. The zero-order chi connectivity index (χ0) is 28.6. The summed E-state index contributed by atoms with van der Waals surface area (Å²) in [5, 5.41) is 0.721. The lowest BCUT2D eigenvalue weighted by molar-refractivity contribution is -0.139. The molecule has 1 N–H and O–H groups in total. The van der Waals surface area contributed by atoms with Crippen LogP contribution in [0.25, 0.3) is 0 Å². The molecule has 2 aromatic rings. The normalized spacial score (nSPS) is 30.3. The molecule has 4 bridgehead atoms. The molecule has 10 heteroatoms. The van der Waals surface area contributed by atoms with Gasteiger partial charge in [0.1, 0.15) is 12.4 Å². The summed E-state index contributed by atoms with van der Waals surface area (Å²) < 4.78 is 46.7. The second-order valence-electron chi connectivity index (χ2n) is 12.0. The van der Waals surface area contributed by atoms with Crippen LogP contribution in [-0.4, -0.2) is 58.6 Å². The third-order valence-electron chi connectivity index (χ3n) is 9.25. The number of nitrogens with one attached hydrogen (secondary N) is 1. The van der Waals surface area contributed by atoms with Crippen molar-refractivity contribution in [3.8, 4) is 5.75 Å². The lowest BCUT2D eigenvalue weighted by atomic mass is 9.68. The van der Waals surface area contributed by atoms with Crippen LogP contribution in [0.3, 0.4) is 0 Å². The Morgan fingerprint density at radius 1 is 1.02 bits per heavy atom. The summed E-state index contributed by atoms with van der Waals surface area (Å²) in [7, 11) is -3.87. The van der Waals surface area contributed by atoms with Gasteiger partial charge in [0.25, 0.3) is 5.91 Å². The first-order chi connectivity index (χ1) is 19.8. The molecular formula is C31H39ClN2O6S. The largest absolute Gasteiger partial charge is 0.487 e. The van der Waals surface area contributed by atoms with Crippen molar-refractivity contribution in [2.45, 2.75) is 64.3 Å². The van der Waals surface area contributed by atoms with Crippen LogP contribution in [0.5, 0.6) is 5.75 Å². The monoisotopic (exact) mass is 602 g/mol. The Bertz CT molecular complexity index is 1380. The maximum atomic E-state index is 13.2. The van der Waals surface area contributed by atoms with E-state index < -0.39 is 15.9 Å². The molecule has 1 saturated heterocycles. The number of amides is 1. The van der Waals surface area contributed by atoms with Crippen LogP contribution in [0.2, 0.25) is 5.02 Å². The van der Waals surface area contributed by atoms with Crippen molar-refractivity contribution >= 4 is 33.2 Å². The van der Waals surface area contributed by atoms with E-state index in [2.05, 4.69) is 16.5 Å². The minimum Gasteiger partial charge on any atom is -0.487 e. The number of hydrogen-bond donors (Lipinski definition) is 1. The zero-order valence-electron chi connectivity index (χ0n) is 23.5. The van der Waals surface area contributed by atoms with Gasteiger partial charge in [-0.2, -0.15) is 0 Å². The second-order valence-corrected chi connectivity index (χ2v) is 14.3. The topological polar surface area (TPSA) is 94.2 Å². The minimum atomic E-state index is -3.87. The van der Waals surface area contributed by atoms with Crippen LogP contribution >= 0.6 is 11.6 Å². The molecule has 3 heterocycles. The van der Waals surface area contributed by atoms with Gasteiger partial charge in [0.15, 0.2) is 0 Å². The second kappa shape index (κ2) is 12.1. The zero-order valence-corrected chi connectivity index (χ0v) is 25.1. The number of fused-ring (bicyclic) bond motifs is 6. The maximum absolute atomic E-state index is 13.2. The first-order valence-electron chi connectivity index (χ1n) is 14.8. The van der Waals surface area contributed by atoms with Crippen molar-refractivity contribution in [3.05, 3.63) is 58.1 Å². The highest BCUT2D eigenvalue weighted by Gasteiger charge is 2.42. The van der Waals surface area contributed by atoms with Gasteiger partial charge in [-0.15, -0.1) is 0 Å². The summed E-state index contributed by atoms with van der Waals surface area (Å²) in [4.78, 5) is 15.5. The van der Waals surface area contributed by atoms with Crippen molar-refractivity contribution < 1.29 is 27.4 Å². The Morgan fingerprint density at radius 3 is 2.73 bits per heavy atom. The highest BCUT2D eigenvalue weighted by Crippen LogP contribution is 2.44. The molecule has 4 aliphatic rings. The fraction of sp³-hybridized carbons (Fsp3) is 0.581. The molecule has 1 aliphatic carbocycles. The van der Waals surface area contributed by atoms with Crippen LogP contribution < -0.4 is 14.4 Å². The summed E-state index contributed by atoms with van der Waals surface area (Å²) in [5.41, 5.74) is 3.40. The Hall–Kier alpha value is -2.33. The number of anilines is 1. The first-order valence-corrected chi connectivity index (χ1v) is 16.9. The van der Waals surface area contributed by atoms with E-state index >= 15 is 0 Å². The summed E-state index contributed by atoms with van der Waals surface area (Å²) in [5.74, 6) is 0.823. The van der Waals surface area contributed by atoms with Gasteiger partial charge in [0.05, 0.1) is 36.9 Å². The maximum Gasteiger partial charge on any atom is 0.264 e. The number of aryl methyl sites for hydroxylation is 1. The summed E-state index contributed by atoms with van der Waals surface area (Å²) in [6, 6.07) is 11.1. The number of halogens is 1. The molecule has 0 radical (unpaired) electrons. The number of rotatable bonds is 0. The number of sulfonamides is 1. The van der Waals surface area contributed by atoms with Crippen molar-refractivity contribution in [3.63, 3.8) is 0 Å². The Labute approximate surface area is 247 Å². The smallest absolute Gasteiger partial charge is 0.264 e. The van der Waals surface area contributed by atoms with Crippen LogP contribution in [0.15, 0.2) is 36.4 Å². The fourth-order valence-electron chi connectivity index (χ4n) is 6.68. The van der Waals surface area contributed by atoms with E-state index in [0.717, 1.165) is 67.9 Å². The van der Waals surface area contributed by atoms with E-state index in [0.29, 0.717) is 30.8 Å². The predicted molar refractivity (Wildman–Crippen MR) is 158 cm³/mol. The van der Waals surface area contributed by atoms with Crippen LogP contribution in [-0.2, 0) is 32.5 Å². The van der Waals surface area contributed by atoms with E-state index in [1.54, 1.807) is 18.2 Å². The van der Waals surface area contributed by atoms with E-state index in [9.17, 15) is 13.2 Å². The molecule has 8 nitrogen and oxygen atoms in total. The number of nitrogens with zero attached hydrogens (tertiary/aromatic N) is 1. The van der Waals surface area contributed by atoms with Crippen LogP contribution in [0.1, 0.15) is 60.5 Å². The summed E-state index contributed by atoms with van der Waals surface area (Å²) in [6.07, 6.45) is 5.91. The molecule has 2 aromatic carbocycles. The van der Waals surface area contributed by atoms with Gasteiger partial charge in [-0.3, -0.25) is 4.79 Å². The Morgan fingerprint density at radius 2 is 1.90 bits per heavy atom. The van der Waals surface area contributed by atoms with Crippen molar-refractivity contribution in [2.24, 2.45) is 17.8 Å². The minimum absolute atomic E-state index is 0.0386. The molecule has 0 unspecified atom stereocenters. The third kappa shape index (κ3) is 6.53. The van der Waals surface area contributed by atoms with Crippen LogP contribution in [0.4, 0.5) is 5.69 Å². The first kappa shape index (κ1) is 28.8. The Kier molecular flexibility index (Phi) is 8.50. The van der Waals surface area contributed by atoms with Gasteiger partial charge < -0.3 is 19.1 Å². The molecule has 222 valence electrons. The average molecular weight is 603 g/mol. The fourth-order valence-corrected chi connectivity index (χ4v) is 7.69. The lowest BCUT2D eigenvalue weighted by Gasteiger charge is -2.47. The van der Waals surface area contributed by atoms with Crippen LogP contribution in [0, 0.1) is 17.8 Å². The van der Waals surface area contributed by atoms with Gasteiger partial charge in [-0.25, -0.2) is 13.1 Å². The lowest BCUT2D eigenvalue weighted by Crippen LogP contribution is -2.49. The molecular weight excluding hydrogens is 564 g/mol. The molecule has 0 spiro atoms. The van der Waals surface area contributed by atoms with E-state index in [1.807, 2.05) is 18.2 Å². The number of hydrogen-bond acceptors (Lipinski definition) is 7. The highest BCUT2D eigenvalue weighted by molar-refractivity contribution is 7.90. The van der Waals surface area contributed by atoms with Gasteiger partial charge in [-0.1, -0.05) is 24.6 Å². The van der Waals surface area contributed by atoms with E-state index in [4.69, 9.17) is 25.8 Å². The number of ether oxygens (including phenoxy) is 3. The predicted octanol–water partition coefficient (Wildman–Crippen LogP) is 4.97. The van der Waals surface area contributed by atoms with Crippen molar-refractivity contribution in [2.75, 3.05) is 37.0 Å². The molecule has 3 aliphatic heterocycles. The molecule has 41 heavy (non-hydrogen) atoms. The average Bonchev–Trinajstić information content (AvgIpc) is 2.95. The third-order valence-corrected chi connectivity index (χ3v) is 10.7. The molecule has 1 amide bonds. The Balaban J connectivity index is 1.35.